The highest BCUT2D eigenvalue weighted by Crippen LogP contribution is 2.54. The molecule has 2 aliphatic rings. The van der Waals surface area contributed by atoms with Gasteiger partial charge in [0.1, 0.15) is 17.5 Å². The van der Waals surface area contributed by atoms with Crippen molar-refractivity contribution < 1.29 is 0 Å². The van der Waals surface area contributed by atoms with Gasteiger partial charge in [0.25, 0.3) is 0 Å². The normalized spacial score (nSPS) is 20.7. The predicted molar refractivity (Wildman–Crippen MR) is 119 cm³/mol. The average molecular weight is 415 g/mol. The fourth-order valence-electron chi connectivity index (χ4n) is 4.84. The summed E-state index contributed by atoms with van der Waals surface area (Å²) in [5.74, 6) is 5.09. The van der Waals surface area contributed by atoms with E-state index in [1.807, 2.05) is 24.6 Å². The molecule has 0 spiro atoms. The minimum atomic E-state index is 0.350. The summed E-state index contributed by atoms with van der Waals surface area (Å²) in [5, 5.41) is 4.57. The third kappa shape index (κ3) is 3.08. The van der Waals surface area contributed by atoms with E-state index < -0.39 is 0 Å². The van der Waals surface area contributed by atoms with Gasteiger partial charge in [0, 0.05) is 38.0 Å². The Hall–Kier alpha value is -3.29. The van der Waals surface area contributed by atoms with Crippen LogP contribution in [-0.2, 0) is 7.05 Å². The molecule has 8 nitrogen and oxygen atoms in total. The van der Waals surface area contributed by atoms with Crippen molar-refractivity contribution in [3.63, 3.8) is 0 Å². The van der Waals surface area contributed by atoms with Crippen LogP contribution in [-0.4, -0.2) is 47.4 Å². The van der Waals surface area contributed by atoms with Gasteiger partial charge >= 0.3 is 0 Å². The molecule has 2 atom stereocenters. The second-order valence-electron chi connectivity index (χ2n) is 8.73. The van der Waals surface area contributed by atoms with Crippen LogP contribution < -0.4 is 4.90 Å². The number of hydrogen-bond donors (Lipinski definition) is 0. The minimum Gasteiger partial charge on any atom is -0.341 e. The zero-order valence-corrected chi connectivity index (χ0v) is 18.2. The molecule has 4 heterocycles. The maximum Gasteiger partial charge on any atom is 0.227 e. The van der Waals surface area contributed by atoms with Crippen LogP contribution in [0, 0.1) is 13.8 Å². The fourth-order valence-corrected chi connectivity index (χ4v) is 4.84. The molecule has 2 fully saturated rings. The molecule has 4 aromatic rings. The molecule has 31 heavy (non-hydrogen) atoms. The molecular formula is C23H26N8. The van der Waals surface area contributed by atoms with E-state index in [-0.39, 0.29) is 0 Å². The molecule has 0 N–H and O–H groups in total. The number of benzene rings is 1. The Morgan fingerprint density at radius 2 is 1.74 bits per heavy atom. The number of aryl methyl sites for hydroxylation is 3. The largest absolute Gasteiger partial charge is 0.341 e. The second-order valence-corrected chi connectivity index (χ2v) is 8.73. The molecule has 1 unspecified atom stereocenters. The first kappa shape index (κ1) is 18.5. The summed E-state index contributed by atoms with van der Waals surface area (Å²) in [6, 6.07) is 10.4. The van der Waals surface area contributed by atoms with Gasteiger partial charge in [-0.05, 0) is 45.2 Å². The van der Waals surface area contributed by atoms with Gasteiger partial charge in [-0.15, -0.1) is 5.10 Å². The van der Waals surface area contributed by atoms with Gasteiger partial charge in [-0.1, -0.05) is 12.1 Å². The molecule has 8 heteroatoms. The Labute approximate surface area is 181 Å². The quantitative estimate of drug-likeness (QED) is 0.509. The summed E-state index contributed by atoms with van der Waals surface area (Å²) in [6.45, 7) is 5.90. The van der Waals surface area contributed by atoms with Crippen molar-refractivity contribution in [2.24, 2.45) is 7.05 Å². The molecule has 1 aromatic carbocycles. The number of para-hydroxylation sites is 2. The predicted octanol–water partition coefficient (Wildman–Crippen LogP) is 3.43. The summed E-state index contributed by atoms with van der Waals surface area (Å²) < 4.78 is 4.07. The second kappa shape index (κ2) is 6.87. The highest BCUT2D eigenvalue weighted by molar-refractivity contribution is 5.76. The maximum absolute atomic E-state index is 5.01. The van der Waals surface area contributed by atoms with E-state index in [9.17, 15) is 0 Å². The van der Waals surface area contributed by atoms with Crippen molar-refractivity contribution in [1.29, 1.82) is 0 Å². The number of nitrogens with zero attached hydrogens (tertiary/aromatic N) is 8. The lowest BCUT2D eigenvalue weighted by Gasteiger charge is -2.17. The van der Waals surface area contributed by atoms with Crippen molar-refractivity contribution in [3.05, 3.63) is 53.5 Å². The van der Waals surface area contributed by atoms with Crippen molar-refractivity contribution in [2.75, 3.05) is 18.0 Å². The van der Waals surface area contributed by atoms with Crippen molar-refractivity contribution in [2.45, 2.75) is 44.9 Å². The van der Waals surface area contributed by atoms with E-state index in [2.05, 4.69) is 50.9 Å². The SMILES string of the molecule is Cc1nc(C)n(-c2cc(C3C[C@@H]3c3nc4ccccc4n3C)nc(N3CCCC3)n2)n1. The number of anilines is 1. The molecule has 1 aliphatic carbocycles. The van der Waals surface area contributed by atoms with E-state index >= 15 is 0 Å². The van der Waals surface area contributed by atoms with Crippen LogP contribution >= 0.6 is 0 Å². The number of rotatable bonds is 4. The lowest BCUT2D eigenvalue weighted by molar-refractivity contribution is 0.766. The van der Waals surface area contributed by atoms with Gasteiger partial charge in [-0.25, -0.2) is 15.0 Å². The summed E-state index contributed by atoms with van der Waals surface area (Å²) in [6.07, 6.45) is 3.44. The van der Waals surface area contributed by atoms with E-state index in [1.165, 1.54) is 18.4 Å². The van der Waals surface area contributed by atoms with Crippen LogP contribution in [0.3, 0.4) is 0 Å². The molecule has 1 saturated heterocycles. The first-order chi connectivity index (χ1) is 15.1. The van der Waals surface area contributed by atoms with E-state index in [4.69, 9.17) is 15.0 Å². The van der Waals surface area contributed by atoms with Gasteiger partial charge in [0.05, 0.1) is 16.7 Å². The zero-order chi connectivity index (χ0) is 21.1. The smallest absolute Gasteiger partial charge is 0.227 e. The van der Waals surface area contributed by atoms with Crippen molar-refractivity contribution in [3.8, 4) is 5.82 Å². The Kier molecular flexibility index (Phi) is 4.09. The molecule has 1 aliphatic heterocycles. The van der Waals surface area contributed by atoms with E-state index in [0.29, 0.717) is 11.8 Å². The lowest BCUT2D eigenvalue weighted by Crippen LogP contribution is -2.22. The molecule has 6 rings (SSSR count). The molecular weight excluding hydrogens is 388 g/mol. The number of imidazole rings is 1. The number of fused-ring (bicyclic) bond motifs is 1. The fraction of sp³-hybridized carbons (Fsp3) is 0.435. The molecule has 0 radical (unpaired) electrons. The summed E-state index contributed by atoms with van der Waals surface area (Å²) >= 11 is 0. The summed E-state index contributed by atoms with van der Waals surface area (Å²) in [5.41, 5.74) is 3.31. The van der Waals surface area contributed by atoms with Crippen LogP contribution in [0.25, 0.3) is 16.9 Å². The first-order valence-corrected chi connectivity index (χ1v) is 11.0. The molecule has 0 bridgehead atoms. The average Bonchev–Trinajstić information content (AvgIpc) is 3.08. The monoisotopic (exact) mass is 414 g/mol. The highest BCUT2D eigenvalue weighted by atomic mass is 15.4. The van der Waals surface area contributed by atoms with Crippen LogP contribution in [0.2, 0.25) is 0 Å². The van der Waals surface area contributed by atoms with Crippen molar-refractivity contribution >= 4 is 17.0 Å². The number of hydrogen-bond acceptors (Lipinski definition) is 6. The molecule has 158 valence electrons. The minimum absolute atomic E-state index is 0.350. The highest BCUT2D eigenvalue weighted by Gasteiger charge is 2.44. The Morgan fingerprint density at radius 3 is 2.48 bits per heavy atom. The van der Waals surface area contributed by atoms with Crippen LogP contribution in [0.1, 0.15) is 54.3 Å². The van der Waals surface area contributed by atoms with Gasteiger partial charge in [-0.2, -0.15) is 9.67 Å². The molecule has 3 aromatic heterocycles. The lowest BCUT2D eigenvalue weighted by atomic mass is 10.2. The van der Waals surface area contributed by atoms with Crippen LogP contribution in [0.5, 0.6) is 0 Å². The van der Waals surface area contributed by atoms with E-state index in [1.54, 1.807) is 0 Å². The standard InChI is InChI=1S/C23H26N8/c1-14-24-15(2)31(28-14)21-13-19(26-23(27-21)30-10-6-7-11-30)16-12-17(16)22-25-18-8-4-5-9-20(18)29(22)3/h4-5,8-9,13,16-17H,6-7,10-12H2,1-3H3/t16?,17-/m0/s1. The molecule has 1 saturated carbocycles. The van der Waals surface area contributed by atoms with Gasteiger partial charge < -0.3 is 9.47 Å². The van der Waals surface area contributed by atoms with Crippen molar-refractivity contribution in [1.82, 2.24) is 34.3 Å². The third-order valence-electron chi connectivity index (χ3n) is 6.53. The van der Waals surface area contributed by atoms with Crippen LogP contribution in [0.15, 0.2) is 30.3 Å². The summed E-state index contributed by atoms with van der Waals surface area (Å²) in [4.78, 5) is 21.6. The Balaban J connectivity index is 1.40. The first-order valence-electron chi connectivity index (χ1n) is 11.0. The summed E-state index contributed by atoms with van der Waals surface area (Å²) in [7, 11) is 2.11. The van der Waals surface area contributed by atoms with E-state index in [0.717, 1.165) is 60.0 Å². The van der Waals surface area contributed by atoms with Gasteiger partial charge in [0.2, 0.25) is 5.95 Å². The topological polar surface area (TPSA) is 77.5 Å². The molecule has 0 amide bonds. The Morgan fingerprint density at radius 1 is 0.935 bits per heavy atom. The number of aromatic nitrogens is 7. The zero-order valence-electron chi connectivity index (χ0n) is 18.2. The third-order valence-corrected chi connectivity index (χ3v) is 6.53. The maximum atomic E-state index is 5.01. The van der Waals surface area contributed by atoms with Gasteiger partial charge in [-0.3, -0.25) is 0 Å². The van der Waals surface area contributed by atoms with Gasteiger partial charge in [0.15, 0.2) is 5.82 Å². The Bertz CT molecular complexity index is 1280. The van der Waals surface area contributed by atoms with Crippen LogP contribution in [0.4, 0.5) is 5.95 Å².